The van der Waals surface area contributed by atoms with Crippen molar-refractivity contribution < 1.29 is 14.6 Å². The lowest BCUT2D eigenvalue weighted by atomic mass is 9.32. The van der Waals surface area contributed by atoms with Gasteiger partial charge in [0, 0.05) is 12.4 Å². The van der Waals surface area contributed by atoms with Gasteiger partial charge < -0.3 is 14.4 Å². The van der Waals surface area contributed by atoms with E-state index in [1.165, 1.54) is 5.56 Å². The number of carboxylic acid groups (broad SMARTS) is 1. The van der Waals surface area contributed by atoms with E-state index in [9.17, 15) is 9.90 Å². The van der Waals surface area contributed by atoms with Crippen molar-refractivity contribution >= 4 is 5.97 Å². The number of nitrogens with zero attached hydrogens (tertiary/aromatic N) is 1. The van der Waals surface area contributed by atoms with Gasteiger partial charge in [-0.2, -0.15) is 0 Å². The highest BCUT2D eigenvalue weighted by molar-refractivity contribution is 5.93. The van der Waals surface area contributed by atoms with E-state index in [0.717, 1.165) is 36.3 Å². The van der Waals surface area contributed by atoms with Crippen molar-refractivity contribution in [2.45, 2.75) is 30.1 Å². The van der Waals surface area contributed by atoms with E-state index in [2.05, 4.69) is 18.2 Å². The topological polar surface area (TPSA) is 51.5 Å². The summed E-state index contributed by atoms with van der Waals surface area (Å²) in [7, 11) is 1.68. The third-order valence-corrected chi connectivity index (χ3v) is 6.43. The zero-order valence-corrected chi connectivity index (χ0v) is 15.2. The number of carboxylic acids is 1. The molecule has 6 rings (SSSR count). The maximum absolute atomic E-state index is 11.8. The van der Waals surface area contributed by atoms with Gasteiger partial charge in [0.15, 0.2) is 0 Å². The Morgan fingerprint density at radius 3 is 2.22 bits per heavy atom. The van der Waals surface area contributed by atoms with Crippen LogP contribution in [0, 0.1) is 0 Å². The predicted octanol–water partition coefficient (Wildman–Crippen LogP) is 4.56. The largest absolute Gasteiger partial charge is 0.497 e. The molecule has 2 aromatic carbocycles. The lowest BCUT2D eigenvalue weighted by molar-refractivity contribution is -0.0693. The molecule has 0 atom stereocenters. The van der Waals surface area contributed by atoms with E-state index in [1.54, 1.807) is 13.2 Å². The van der Waals surface area contributed by atoms with Gasteiger partial charge in [-0.25, -0.2) is 4.79 Å². The summed E-state index contributed by atoms with van der Waals surface area (Å²) in [6.45, 7) is 0. The van der Waals surface area contributed by atoms with Gasteiger partial charge in [-0.15, -0.1) is 0 Å². The van der Waals surface area contributed by atoms with Crippen molar-refractivity contribution in [2.24, 2.45) is 0 Å². The Bertz CT molecular complexity index is 999. The molecule has 0 radical (unpaired) electrons. The van der Waals surface area contributed by atoms with Crippen LogP contribution in [0.25, 0.3) is 5.69 Å². The van der Waals surface area contributed by atoms with Crippen LogP contribution >= 0.6 is 0 Å². The molecule has 4 nitrogen and oxygen atoms in total. The molecule has 0 saturated heterocycles. The van der Waals surface area contributed by atoms with Gasteiger partial charge in [0.25, 0.3) is 0 Å². The summed E-state index contributed by atoms with van der Waals surface area (Å²) < 4.78 is 7.21. The molecule has 3 saturated carbocycles. The molecule has 3 fully saturated rings. The number of hydrogen-bond acceptors (Lipinski definition) is 2. The summed E-state index contributed by atoms with van der Waals surface area (Å²) in [4.78, 5) is 11.8. The van der Waals surface area contributed by atoms with Gasteiger partial charge in [0.05, 0.1) is 18.4 Å². The van der Waals surface area contributed by atoms with Crippen LogP contribution in [0.1, 0.15) is 40.7 Å². The van der Waals surface area contributed by atoms with E-state index in [1.807, 2.05) is 47.3 Å². The molecule has 136 valence electrons. The number of methoxy groups -OCH3 is 1. The Labute approximate surface area is 158 Å². The lowest BCUT2D eigenvalue weighted by Gasteiger charge is -2.71. The average molecular weight is 359 g/mol. The predicted molar refractivity (Wildman–Crippen MR) is 103 cm³/mol. The third-order valence-electron chi connectivity index (χ3n) is 6.43. The molecule has 27 heavy (non-hydrogen) atoms. The first kappa shape index (κ1) is 16.2. The van der Waals surface area contributed by atoms with Crippen molar-refractivity contribution in [1.82, 2.24) is 4.57 Å². The Morgan fingerprint density at radius 2 is 1.63 bits per heavy atom. The molecule has 1 heterocycles. The maximum atomic E-state index is 11.8. The summed E-state index contributed by atoms with van der Waals surface area (Å²) in [5, 5.41) is 9.71. The van der Waals surface area contributed by atoms with Crippen molar-refractivity contribution in [3.63, 3.8) is 0 Å². The summed E-state index contributed by atoms with van der Waals surface area (Å²) in [6.07, 6.45) is 7.07. The first-order chi connectivity index (χ1) is 13.1. The summed E-state index contributed by atoms with van der Waals surface area (Å²) >= 11 is 0. The Morgan fingerprint density at radius 1 is 0.963 bits per heavy atom. The molecule has 3 aliphatic rings. The van der Waals surface area contributed by atoms with Gasteiger partial charge in [-0.05, 0) is 71.6 Å². The van der Waals surface area contributed by atoms with Crippen LogP contribution in [0.3, 0.4) is 0 Å². The first-order valence-electron chi connectivity index (χ1n) is 9.22. The third kappa shape index (κ3) is 2.19. The highest BCUT2D eigenvalue weighted by atomic mass is 16.5. The fraction of sp³-hybridized carbons (Fsp3) is 0.261. The van der Waals surface area contributed by atoms with Crippen LogP contribution in [0.4, 0.5) is 0 Å². The molecule has 3 aliphatic carbocycles. The van der Waals surface area contributed by atoms with Crippen LogP contribution in [0.5, 0.6) is 5.75 Å². The molecule has 0 amide bonds. The van der Waals surface area contributed by atoms with Gasteiger partial charge in [-0.1, -0.05) is 24.3 Å². The SMILES string of the molecule is COc1ccc(C23CC(c4cccc(C(=O)O)c4-n4cccc4)(C2)C3)cc1. The first-order valence-corrected chi connectivity index (χ1v) is 9.22. The lowest BCUT2D eigenvalue weighted by Crippen LogP contribution is -2.67. The number of hydrogen-bond donors (Lipinski definition) is 1. The van der Waals surface area contributed by atoms with Crippen LogP contribution in [0.15, 0.2) is 67.0 Å². The monoisotopic (exact) mass is 359 g/mol. The van der Waals surface area contributed by atoms with E-state index in [-0.39, 0.29) is 10.8 Å². The Hall–Kier alpha value is -3.01. The number of aromatic nitrogens is 1. The van der Waals surface area contributed by atoms with Crippen LogP contribution in [0.2, 0.25) is 0 Å². The van der Waals surface area contributed by atoms with E-state index in [4.69, 9.17) is 4.74 Å². The molecule has 4 heteroatoms. The minimum atomic E-state index is -0.878. The van der Waals surface area contributed by atoms with Crippen molar-refractivity contribution in [3.05, 3.63) is 83.7 Å². The fourth-order valence-corrected chi connectivity index (χ4v) is 5.23. The minimum absolute atomic E-state index is 0.0883. The molecule has 2 bridgehead atoms. The highest BCUT2D eigenvalue weighted by Crippen LogP contribution is 2.74. The Balaban J connectivity index is 1.51. The quantitative estimate of drug-likeness (QED) is 0.727. The summed E-state index contributed by atoms with van der Waals surface area (Å²) in [6, 6.07) is 18.0. The second-order valence-corrected chi connectivity index (χ2v) is 7.92. The highest BCUT2D eigenvalue weighted by Gasteiger charge is 2.69. The minimum Gasteiger partial charge on any atom is -0.497 e. The number of benzene rings is 2. The van der Waals surface area contributed by atoms with Gasteiger partial charge in [0.1, 0.15) is 5.75 Å². The molecule has 0 unspecified atom stereocenters. The number of aromatic carboxylic acids is 1. The zero-order chi connectivity index (χ0) is 18.6. The van der Waals surface area contributed by atoms with Crippen molar-refractivity contribution in [1.29, 1.82) is 0 Å². The van der Waals surface area contributed by atoms with Gasteiger partial charge >= 0.3 is 5.97 Å². The number of para-hydroxylation sites is 1. The molecular weight excluding hydrogens is 338 g/mol. The fourth-order valence-electron chi connectivity index (χ4n) is 5.23. The van der Waals surface area contributed by atoms with E-state index < -0.39 is 5.97 Å². The number of rotatable bonds is 5. The molecule has 1 N–H and O–H groups in total. The van der Waals surface area contributed by atoms with Crippen LogP contribution < -0.4 is 4.74 Å². The standard InChI is InChI=1S/C23H21NO3/c1-27-17-9-7-16(8-10-17)22-13-23(14-22,15-22)19-6-4-5-18(21(25)26)20(19)24-11-2-3-12-24/h2-12H,13-15H2,1H3,(H,25,26). The smallest absolute Gasteiger partial charge is 0.337 e. The maximum Gasteiger partial charge on any atom is 0.337 e. The summed E-state index contributed by atoms with van der Waals surface area (Å²) in [5.74, 6) is 0.00104. The normalized spacial score (nSPS) is 25.4. The van der Waals surface area contributed by atoms with Crippen LogP contribution in [-0.2, 0) is 10.8 Å². The summed E-state index contributed by atoms with van der Waals surface area (Å²) in [5.41, 5.74) is 4.03. The van der Waals surface area contributed by atoms with Crippen molar-refractivity contribution in [3.8, 4) is 11.4 Å². The molecule has 0 aliphatic heterocycles. The zero-order valence-electron chi connectivity index (χ0n) is 15.2. The average Bonchev–Trinajstić information content (AvgIpc) is 3.14. The molecule has 1 aromatic heterocycles. The Kier molecular flexibility index (Phi) is 3.29. The van der Waals surface area contributed by atoms with Crippen LogP contribution in [-0.4, -0.2) is 22.8 Å². The van der Waals surface area contributed by atoms with Gasteiger partial charge in [-0.3, -0.25) is 0 Å². The number of carbonyl (C=O) groups is 1. The van der Waals surface area contributed by atoms with Crippen molar-refractivity contribution in [2.75, 3.05) is 7.11 Å². The number of ether oxygens (including phenoxy) is 1. The second kappa shape index (κ2) is 5.49. The second-order valence-electron chi connectivity index (χ2n) is 7.92. The molecular formula is C23H21NO3. The van der Waals surface area contributed by atoms with E-state index in [0.29, 0.717) is 5.56 Å². The molecule has 0 spiro atoms. The van der Waals surface area contributed by atoms with E-state index >= 15 is 0 Å². The van der Waals surface area contributed by atoms with Gasteiger partial charge in [0.2, 0.25) is 0 Å². The molecule has 3 aromatic rings.